The molecule has 0 spiro atoms. The zero-order valence-corrected chi connectivity index (χ0v) is 44.0. The lowest BCUT2D eigenvalue weighted by molar-refractivity contribution is -0.139. The Morgan fingerprint density at radius 1 is 0.471 bits per heavy atom. The van der Waals surface area contributed by atoms with Crippen molar-refractivity contribution in [2.45, 2.75) is 205 Å². The first-order valence-electron chi connectivity index (χ1n) is 24.5. The molecule has 0 fully saturated rings. The minimum Gasteiger partial charge on any atom is -0.481 e. The van der Waals surface area contributed by atoms with Crippen LogP contribution in [0, 0.1) is 0 Å². The molecule has 0 aliphatic carbocycles. The fraction of sp³-hybridized carbons (Fsp3) is 0.582. The summed E-state index contributed by atoms with van der Waals surface area (Å²) in [6.45, 7) is 27.3. The number of aliphatic carboxylic acids is 1. The number of rotatable bonds is 30. The highest BCUT2D eigenvalue weighted by atomic mass is 16.6. The van der Waals surface area contributed by atoms with Crippen LogP contribution in [0.25, 0.3) is 0 Å². The van der Waals surface area contributed by atoms with E-state index in [2.05, 4.69) is 45.1 Å². The fourth-order valence-corrected chi connectivity index (χ4v) is 9.42. The molecule has 0 unspecified atom stereocenters. The number of amides is 6. The second-order valence-corrected chi connectivity index (χ2v) is 22.0. The average Bonchev–Trinajstić information content (AvgIpc) is 3.16. The van der Waals surface area contributed by atoms with Crippen molar-refractivity contribution in [1.29, 1.82) is 0 Å². The number of ether oxygens (including phenoxy) is 1. The summed E-state index contributed by atoms with van der Waals surface area (Å²) in [6.07, 6.45) is 4.86. The van der Waals surface area contributed by atoms with E-state index in [-0.39, 0.29) is 51.4 Å². The van der Waals surface area contributed by atoms with Crippen molar-refractivity contribution in [3.63, 3.8) is 0 Å². The smallest absolute Gasteiger partial charge is 0.408 e. The predicted molar refractivity (Wildman–Crippen MR) is 276 cm³/mol. The Kier molecular flexibility index (Phi) is 22.6. The molecule has 0 radical (unpaired) electrons. The van der Waals surface area contributed by atoms with E-state index < -0.39 is 80.4 Å². The van der Waals surface area contributed by atoms with Crippen LogP contribution in [-0.2, 0) is 46.3 Å². The normalized spacial score (nSPS) is 16.6. The average molecular weight is 973 g/mol. The molecular weight excluding hydrogens is 889 g/mol. The van der Waals surface area contributed by atoms with Crippen LogP contribution in [0.15, 0.2) is 86.0 Å². The minimum absolute atomic E-state index is 0.127. The van der Waals surface area contributed by atoms with Crippen molar-refractivity contribution in [1.82, 2.24) is 31.9 Å². The third-order valence-corrected chi connectivity index (χ3v) is 12.0. The zero-order valence-electron chi connectivity index (χ0n) is 44.0. The maximum Gasteiger partial charge on any atom is 0.408 e. The number of alkyl carbamates (subject to hydrolysis) is 1. The largest absolute Gasteiger partial charge is 0.481 e. The van der Waals surface area contributed by atoms with E-state index in [9.17, 15) is 38.7 Å². The first-order valence-corrected chi connectivity index (χ1v) is 24.5. The van der Waals surface area contributed by atoms with Gasteiger partial charge >= 0.3 is 12.1 Å². The van der Waals surface area contributed by atoms with E-state index in [1.807, 2.05) is 74.5 Å². The summed E-state index contributed by atoms with van der Waals surface area (Å²) in [7, 11) is 0. The molecule has 2 aromatic rings. The summed E-state index contributed by atoms with van der Waals surface area (Å²) in [5.74, 6) is -3.06. The molecule has 0 saturated carbocycles. The third kappa shape index (κ3) is 22.6. The second-order valence-electron chi connectivity index (χ2n) is 22.0. The van der Waals surface area contributed by atoms with Gasteiger partial charge in [0.15, 0.2) is 0 Å². The van der Waals surface area contributed by atoms with Gasteiger partial charge in [-0.2, -0.15) is 0 Å². The molecule has 7 N–H and O–H groups in total. The monoisotopic (exact) mass is 973 g/mol. The first-order chi connectivity index (χ1) is 32.4. The maximum absolute atomic E-state index is 14.2. The molecule has 0 aromatic heterocycles. The lowest BCUT2D eigenvalue weighted by atomic mass is 9.85. The quantitative estimate of drug-likeness (QED) is 0.0374. The third-order valence-electron chi connectivity index (χ3n) is 12.0. The minimum atomic E-state index is -1.12. The molecule has 0 heterocycles. The van der Waals surface area contributed by atoms with Crippen molar-refractivity contribution in [2.24, 2.45) is 0 Å². The highest BCUT2D eigenvalue weighted by molar-refractivity contribution is 5.85. The lowest BCUT2D eigenvalue weighted by Gasteiger charge is -2.37. The Balaban J connectivity index is 2.33. The number of benzene rings is 2. The summed E-state index contributed by atoms with van der Waals surface area (Å²) in [4.78, 5) is 94.5. The van der Waals surface area contributed by atoms with Crippen molar-refractivity contribution in [2.75, 3.05) is 0 Å². The second kappa shape index (κ2) is 26.3. The van der Waals surface area contributed by atoms with Crippen LogP contribution in [0.5, 0.6) is 0 Å². The molecule has 15 heteroatoms. The summed E-state index contributed by atoms with van der Waals surface area (Å²) in [5, 5.41) is 27.7. The number of carboxylic acids is 1. The van der Waals surface area contributed by atoms with Gasteiger partial charge in [-0.05, 0) is 112 Å². The van der Waals surface area contributed by atoms with Crippen LogP contribution < -0.4 is 31.9 Å². The number of carbonyl (C=O) groups is 7. The number of hydrogen-bond donors (Lipinski definition) is 7. The Labute approximate surface area is 417 Å². The van der Waals surface area contributed by atoms with Gasteiger partial charge in [-0.25, -0.2) is 4.79 Å². The standard InChI is InChI=1S/C55H84N6O9/c1-14-28-50(8,57-45(65)37-54(12,32-40-24-20-18-21-25-40)60-44(64)36-52(10,30-16-3)61-48(69)70-49(5,6)7)34-42(62)56-51(9,29-15-2)35-43(63)59-55(13,33-41-26-22-19-23-27-41)38-46(66)58-53(11,31-17-4)39-47(67)68/h15-16,18-27H,2-3,14,17,28-39H2,1,4-13H3,(H,56,62)(H,57,65)(H,58,66)(H,59,63)(H,60,64)(H,61,69)(H,67,68)/t50-,51-,52-,53-,54-,55-/m1/s1. The predicted octanol–water partition coefficient (Wildman–Crippen LogP) is 8.31. The van der Waals surface area contributed by atoms with Crippen molar-refractivity contribution >= 4 is 41.6 Å². The summed E-state index contributed by atoms with van der Waals surface area (Å²) >= 11 is 0. The van der Waals surface area contributed by atoms with E-state index in [4.69, 9.17) is 4.74 Å². The van der Waals surface area contributed by atoms with Gasteiger partial charge in [0, 0.05) is 59.8 Å². The van der Waals surface area contributed by atoms with E-state index in [1.165, 1.54) is 0 Å². The molecule has 15 nitrogen and oxygen atoms in total. The van der Waals surface area contributed by atoms with Gasteiger partial charge in [-0.1, -0.05) is 99.5 Å². The van der Waals surface area contributed by atoms with Crippen LogP contribution >= 0.6 is 0 Å². The Morgan fingerprint density at radius 2 is 0.771 bits per heavy atom. The van der Waals surface area contributed by atoms with E-state index in [0.29, 0.717) is 38.5 Å². The van der Waals surface area contributed by atoms with E-state index >= 15 is 0 Å². The molecule has 2 aromatic carbocycles. The summed E-state index contributed by atoms with van der Waals surface area (Å²) in [6, 6.07) is 18.9. The number of nitrogens with one attached hydrogen (secondary N) is 6. The zero-order chi connectivity index (χ0) is 53.0. The van der Waals surface area contributed by atoms with E-state index in [0.717, 1.165) is 11.1 Å². The van der Waals surface area contributed by atoms with Crippen molar-refractivity contribution in [3.05, 3.63) is 97.1 Å². The number of carbonyl (C=O) groups excluding carboxylic acids is 6. The first kappa shape index (κ1) is 60.1. The van der Waals surface area contributed by atoms with Crippen LogP contribution in [0.3, 0.4) is 0 Å². The Morgan fingerprint density at radius 3 is 1.10 bits per heavy atom. The van der Waals surface area contributed by atoms with Gasteiger partial charge in [0.05, 0.1) is 12.0 Å². The highest BCUT2D eigenvalue weighted by Crippen LogP contribution is 2.27. The van der Waals surface area contributed by atoms with E-state index in [1.54, 1.807) is 74.5 Å². The topological polar surface area (TPSA) is 221 Å². The summed E-state index contributed by atoms with van der Waals surface area (Å²) < 4.78 is 5.47. The molecule has 2 rings (SSSR count). The Hall–Kier alpha value is -5.99. The molecule has 0 bridgehead atoms. The van der Waals surface area contributed by atoms with Crippen molar-refractivity contribution in [3.8, 4) is 0 Å². The van der Waals surface area contributed by atoms with Crippen molar-refractivity contribution < 1.29 is 43.4 Å². The number of hydrogen-bond acceptors (Lipinski definition) is 8. The van der Waals surface area contributed by atoms with Gasteiger partial charge in [0.2, 0.25) is 29.5 Å². The molecule has 0 saturated heterocycles. The molecule has 6 atom stereocenters. The maximum atomic E-state index is 14.2. The molecule has 0 aliphatic heterocycles. The van der Waals surface area contributed by atoms with Gasteiger partial charge < -0.3 is 41.7 Å². The van der Waals surface area contributed by atoms with Crippen LogP contribution in [0.1, 0.15) is 164 Å². The molecule has 70 heavy (non-hydrogen) atoms. The lowest BCUT2D eigenvalue weighted by Crippen LogP contribution is -2.58. The fourth-order valence-electron chi connectivity index (χ4n) is 9.42. The van der Waals surface area contributed by atoms with Gasteiger partial charge in [-0.3, -0.25) is 28.8 Å². The number of carboxylic acid groups (broad SMARTS) is 1. The van der Waals surface area contributed by atoms with Crippen LogP contribution in [0.2, 0.25) is 0 Å². The van der Waals surface area contributed by atoms with Gasteiger partial charge in [0.25, 0.3) is 0 Å². The Bertz CT molecular complexity index is 2110. The molecule has 6 amide bonds. The highest BCUT2D eigenvalue weighted by Gasteiger charge is 2.40. The van der Waals surface area contributed by atoms with Crippen LogP contribution in [-0.4, -0.2) is 85.5 Å². The molecule has 0 aliphatic rings. The van der Waals surface area contributed by atoms with Crippen LogP contribution in [0.4, 0.5) is 4.79 Å². The SMILES string of the molecule is C=CC[C@](C)(CC(=O)N[C@@](C)(CC(=O)N[C@](C)(CCC)CC(=O)O)Cc1ccccc1)NC(=O)C[C@@](C)(CCC)NC(=O)C[C@@](C)(Cc1ccccc1)NC(=O)C[C@@](C)(CC=C)NC(=O)OC(C)(C)C. The molecular formula is C55H84N6O9. The molecule has 388 valence electrons. The van der Waals surface area contributed by atoms with Gasteiger partial charge in [-0.15, -0.1) is 13.2 Å². The van der Waals surface area contributed by atoms with Gasteiger partial charge in [0.1, 0.15) is 5.60 Å². The summed E-state index contributed by atoms with van der Waals surface area (Å²) in [5.41, 5.74) is -5.36.